The first kappa shape index (κ1) is 26.2. The zero-order valence-corrected chi connectivity index (χ0v) is 16.6. The van der Waals surface area contributed by atoms with Crippen LogP contribution in [0.25, 0.3) is 0 Å². The second kappa shape index (κ2) is 14.3. The number of rotatable bonds is 11. The zero-order chi connectivity index (χ0) is 22.4. The number of aliphatic hydroxyl groups excluding tert-OH is 1. The maximum absolute atomic E-state index is 11.6. The van der Waals surface area contributed by atoms with Crippen LogP contribution in [0.1, 0.15) is 57.3 Å². The highest BCUT2D eigenvalue weighted by atomic mass is 16.5. The summed E-state index contributed by atoms with van der Waals surface area (Å²) < 4.78 is 4.97. The van der Waals surface area contributed by atoms with E-state index in [9.17, 15) is 19.5 Å². The van der Waals surface area contributed by atoms with Gasteiger partial charge in [0.25, 0.3) is 0 Å². The van der Waals surface area contributed by atoms with Crippen molar-refractivity contribution in [2.45, 2.75) is 64.3 Å². The van der Waals surface area contributed by atoms with E-state index in [2.05, 4.69) is 26.5 Å². The fraction of sp³-hybridized carbons (Fsp3) is 0.688. The summed E-state index contributed by atoms with van der Waals surface area (Å²) in [5.41, 5.74) is 16.0. The van der Waals surface area contributed by atoms with Crippen molar-refractivity contribution >= 4 is 17.9 Å². The number of carbonyl (C=O) groups is 3. The normalized spacial score (nSPS) is 13.4. The van der Waals surface area contributed by atoms with Gasteiger partial charge in [-0.1, -0.05) is 18.5 Å². The number of hydrogen-bond donors (Lipinski definition) is 7. The van der Waals surface area contributed by atoms with Gasteiger partial charge in [0, 0.05) is 6.42 Å². The SMILES string of the molecule is CC(O)C(NC(=O)NCc1nc([C@@H](N)CCCCN)no1)C(=O)O.CCC(N)=O. The Bertz CT molecular complexity index is 637. The second-order valence-corrected chi connectivity index (χ2v) is 6.14. The third kappa shape index (κ3) is 11.6. The number of aromatic nitrogens is 2. The Labute approximate surface area is 168 Å². The lowest BCUT2D eigenvalue weighted by molar-refractivity contribution is -0.141. The summed E-state index contributed by atoms with van der Waals surface area (Å²) in [6.45, 7) is 3.48. The van der Waals surface area contributed by atoms with Crippen molar-refractivity contribution < 1.29 is 29.1 Å². The summed E-state index contributed by atoms with van der Waals surface area (Å²) in [5, 5.41) is 26.4. The molecule has 0 saturated carbocycles. The van der Waals surface area contributed by atoms with E-state index in [0.717, 1.165) is 12.8 Å². The average Bonchev–Trinajstić information content (AvgIpc) is 3.13. The van der Waals surface area contributed by atoms with Gasteiger partial charge in [0.05, 0.1) is 18.7 Å². The van der Waals surface area contributed by atoms with Crippen LogP contribution in [0.3, 0.4) is 0 Å². The van der Waals surface area contributed by atoms with Crippen molar-refractivity contribution in [3.8, 4) is 0 Å². The van der Waals surface area contributed by atoms with Crippen molar-refractivity contribution in [2.75, 3.05) is 6.54 Å². The second-order valence-electron chi connectivity index (χ2n) is 6.14. The number of carbonyl (C=O) groups excluding carboxylic acids is 2. The third-order valence-electron chi connectivity index (χ3n) is 3.57. The summed E-state index contributed by atoms with van der Waals surface area (Å²) in [4.78, 5) is 36.2. The van der Waals surface area contributed by atoms with E-state index in [1.165, 1.54) is 6.92 Å². The first-order valence-corrected chi connectivity index (χ1v) is 9.13. The third-order valence-corrected chi connectivity index (χ3v) is 3.57. The number of carboxylic acid groups (broad SMARTS) is 1. The summed E-state index contributed by atoms with van der Waals surface area (Å²) in [6.07, 6.45) is 1.57. The van der Waals surface area contributed by atoms with Crippen LogP contribution in [0.4, 0.5) is 4.79 Å². The van der Waals surface area contributed by atoms with Gasteiger partial charge < -0.3 is 42.6 Å². The van der Waals surface area contributed by atoms with E-state index >= 15 is 0 Å². The number of unbranched alkanes of at least 4 members (excludes halogenated alkanes) is 1. The van der Waals surface area contributed by atoms with E-state index in [1.807, 2.05) is 0 Å². The number of urea groups is 1. The lowest BCUT2D eigenvalue weighted by atomic mass is 10.1. The largest absolute Gasteiger partial charge is 0.480 e. The van der Waals surface area contributed by atoms with Gasteiger partial charge in [-0.2, -0.15) is 4.98 Å². The zero-order valence-electron chi connectivity index (χ0n) is 16.6. The molecule has 1 rings (SSSR count). The van der Waals surface area contributed by atoms with Crippen molar-refractivity contribution in [2.24, 2.45) is 17.2 Å². The lowest BCUT2D eigenvalue weighted by Crippen LogP contribution is -2.51. The number of nitrogens with zero attached hydrogens (tertiary/aromatic N) is 2. The highest BCUT2D eigenvalue weighted by Crippen LogP contribution is 2.13. The number of nitrogens with one attached hydrogen (secondary N) is 2. The van der Waals surface area contributed by atoms with Crippen LogP contribution in [-0.2, 0) is 16.1 Å². The summed E-state index contributed by atoms with van der Waals surface area (Å²) >= 11 is 0. The number of aliphatic carboxylic acids is 1. The molecule has 166 valence electrons. The molecule has 1 aromatic rings. The highest BCUT2D eigenvalue weighted by molar-refractivity contribution is 5.82. The molecule has 0 spiro atoms. The molecule has 3 amide bonds. The van der Waals surface area contributed by atoms with Crippen LogP contribution in [0.5, 0.6) is 0 Å². The van der Waals surface area contributed by atoms with Gasteiger partial charge in [0.2, 0.25) is 11.8 Å². The maximum atomic E-state index is 11.6. The minimum absolute atomic E-state index is 0.0967. The maximum Gasteiger partial charge on any atom is 0.328 e. The molecule has 1 aromatic heterocycles. The van der Waals surface area contributed by atoms with Gasteiger partial charge in [0.15, 0.2) is 11.9 Å². The van der Waals surface area contributed by atoms with E-state index in [-0.39, 0.29) is 24.4 Å². The molecular weight excluding hydrogens is 386 g/mol. The smallest absolute Gasteiger partial charge is 0.328 e. The predicted molar refractivity (Wildman–Crippen MR) is 102 cm³/mol. The predicted octanol–water partition coefficient (Wildman–Crippen LogP) is -1.29. The molecule has 29 heavy (non-hydrogen) atoms. The van der Waals surface area contributed by atoms with Gasteiger partial charge in [-0.15, -0.1) is 0 Å². The first-order valence-electron chi connectivity index (χ1n) is 9.13. The Balaban J connectivity index is 0.00000139. The van der Waals surface area contributed by atoms with E-state index in [1.54, 1.807) is 6.92 Å². The molecule has 0 fully saturated rings. The number of primary amides is 1. The molecule has 10 N–H and O–H groups in total. The Morgan fingerprint density at radius 1 is 1.28 bits per heavy atom. The van der Waals surface area contributed by atoms with Gasteiger partial charge in [-0.25, -0.2) is 9.59 Å². The number of carboxylic acids is 1. The molecule has 1 heterocycles. The fourth-order valence-corrected chi connectivity index (χ4v) is 1.86. The van der Waals surface area contributed by atoms with Crippen molar-refractivity contribution in [1.82, 2.24) is 20.8 Å². The molecule has 13 heteroatoms. The minimum atomic E-state index is -1.42. The number of nitrogens with two attached hydrogens (primary N) is 3. The first-order chi connectivity index (χ1) is 13.6. The molecule has 0 aliphatic carbocycles. The molecule has 0 aliphatic heterocycles. The molecule has 0 saturated heterocycles. The van der Waals surface area contributed by atoms with Crippen LogP contribution >= 0.6 is 0 Å². The van der Waals surface area contributed by atoms with Crippen LogP contribution in [-0.4, -0.2) is 57.0 Å². The fourth-order valence-electron chi connectivity index (χ4n) is 1.86. The number of aliphatic hydroxyl groups is 1. The molecule has 0 radical (unpaired) electrons. The molecule has 13 nitrogen and oxygen atoms in total. The highest BCUT2D eigenvalue weighted by Gasteiger charge is 2.25. The van der Waals surface area contributed by atoms with Gasteiger partial charge in [0.1, 0.15) is 0 Å². The standard InChI is InChI=1S/C13H24N6O5.C3H7NO/c1-7(20)10(12(21)22)18-13(23)16-6-9-17-11(19-24-9)8(15)4-2-3-5-14;1-2-3(4)5/h7-8,10,20H,2-6,14-15H2,1H3,(H,21,22)(H2,16,18,23);2H2,1H3,(H2,4,5)/t7?,8-,10?;/m0./s1. The molecule has 0 aromatic carbocycles. The average molecular weight is 417 g/mol. The topological polar surface area (TPSA) is 233 Å². The quantitative estimate of drug-likeness (QED) is 0.210. The van der Waals surface area contributed by atoms with Crippen molar-refractivity contribution in [1.29, 1.82) is 0 Å². The van der Waals surface area contributed by atoms with Gasteiger partial charge >= 0.3 is 12.0 Å². The van der Waals surface area contributed by atoms with Gasteiger partial charge in [-0.3, -0.25) is 4.79 Å². The van der Waals surface area contributed by atoms with Crippen LogP contribution in [0, 0.1) is 0 Å². The van der Waals surface area contributed by atoms with Crippen molar-refractivity contribution in [3.05, 3.63) is 11.7 Å². The Morgan fingerprint density at radius 3 is 2.38 bits per heavy atom. The number of amides is 3. The molecule has 0 aliphatic rings. The van der Waals surface area contributed by atoms with E-state index in [4.69, 9.17) is 21.1 Å². The van der Waals surface area contributed by atoms with Crippen LogP contribution in [0.2, 0.25) is 0 Å². The Kier molecular flexibility index (Phi) is 12.9. The van der Waals surface area contributed by atoms with Crippen molar-refractivity contribution in [3.63, 3.8) is 0 Å². The Morgan fingerprint density at radius 2 is 1.90 bits per heavy atom. The molecular formula is C16H31N7O6. The minimum Gasteiger partial charge on any atom is -0.480 e. The summed E-state index contributed by atoms with van der Waals surface area (Å²) in [5.74, 6) is -1.12. The lowest BCUT2D eigenvalue weighted by Gasteiger charge is -2.16. The molecule has 3 atom stereocenters. The van der Waals surface area contributed by atoms with E-state index < -0.39 is 24.1 Å². The van der Waals surface area contributed by atoms with Gasteiger partial charge in [-0.05, 0) is 26.3 Å². The summed E-state index contributed by atoms with van der Waals surface area (Å²) in [7, 11) is 0. The molecule has 0 bridgehead atoms. The Hall–Kier alpha value is -2.77. The van der Waals surface area contributed by atoms with E-state index in [0.29, 0.717) is 25.2 Å². The van der Waals surface area contributed by atoms with Crippen LogP contribution in [0.15, 0.2) is 4.52 Å². The summed E-state index contributed by atoms with van der Waals surface area (Å²) in [6, 6.07) is -2.58. The monoisotopic (exact) mass is 417 g/mol. The number of hydrogen-bond acceptors (Lipinski definition) is 9. The van der Waals surface area contributed by atoms with Crippen LogP contribution < -0.4 is 27.8 Å². The molecule has 2 unspecified atom stereocenters.